The predicted molar refractivity (Wildman–Crippen MR) is 56.4 cm³/mol. The quantitative estimate of drug-likeness (QED) is 0.722. The lowest BCUT2D eigenvalue weighted by Gasteiger charge is -2.05. The molecular weight excluding hydrogens is 214 g/mol. The highest BCUT2D eigenvalue weighted by Crippen LogP contribution is 2.32. The predicted octanol–water partition coefficient (Wildman–Crippen LogP) is 1.74. The van der Waals surface area contributed by atoms with E-state index in [9.17, 15) is 4.79 Å². The normalized spacial score (nSPS) is 20.5. The highest BCUT2D eigenvalue weighted by molar-refractivity contribution is 7.12. The minimum Gasteiger partial charge on any atom is -0.464 e. The molecule has 4 nitrogen and oxygen atoms in total. The summed E-state index contributed by atoms with van der Waals surface area (Å²) in [6, 6.07) is 0. The second-order valence-electron chi connectivity index (χ2n) is 3.50. The largest absolute Gasteiger partial charge is 0.464 e. The number of carbonyl (C=O) groups excluding carboxylic acids is 1. The molecule has 82 valence electrons. The van der Waals surface area contributed by atoms with E-state index in [1.807, 2.05) is 6.92 Å². The van der Waals surface area contributed by atoms with Gasteiger partial charge in [0.1, 0.15) is 0 Å². The van der Waals surface area contributed by atoms with Crippen LogP contribution >= 0.6 is 11.3 Å². The number of ether oxygens (including phenoxy) is 2. The third kappa shape index (κ3) is 2.03. The summed E-state index contributed by atoms with van der Waals surface area (Å²) in [6.45, 7) is 3.35. The summed E-state index contributed by atoms with van der Waals surface area (Å²) in [4.78, 5) is 16.7. The lowest BCUT2D eigenvalue weighted by Crippen LogP contribution is -2.08. The van der Waals surface area contributed by atoms with Gasteiger partial charge in [-0.3, -0.25) is 0 Å². The van der Waals surface area contributed by atoms with Gasteiger partial charge < -0.3 is 9.47 Å². The maximum Gasteiger partial charge on any atom is 0.357 e. The average Bonchev–Trinajstić information content (AvgIpc) is 2.84. The summed E-state index contributed by atoms with van der Waals surface area (Å²) < 4.78 is 10.0. The fourth-order valence-corrected chi connectivity index (χ4v) is 2.74. The van der Waals surface area contributed by atoms with Gasteiger partial charge in [-0.05, 0) is 13.3 Å². The molecule has 0 N–H and O–H groups in total. The zero-order chi connectivity index (χ0) is 10.8. The van der Waals surface area contributed by atoms with E-state index >= 15 is 0 Å². The summed E-state index contributed by atoms with van der Waals surface area (Å²) in [6.07, 6.45) is 0.964. The number of methoxy groups -OCH3 is 1. The molecule has 0 radical (unpaired) electrons. The van der Waals surface area contributed by atoms with Gasteiger partial charge in [0.2, 0.25) is 0 Å². The molecule has 0 aromatic carbocycles. The SMILES string of the molecule is COC(=O)c1nc(C)sc1C1CCOC1. The van der Waals surface area contributed by atoms with Crippen LogP contribution in [-0.2, 0) is 9.47 Å². The molecule has 0 saturated carbocycles. The first kappa shape index (κ1) is 10.6. The van der Waals surface area contributed by atoms with Crippen molar-refractivity contribution in [3.05, 3.63) is 15.6 Å². The van der Waals surface area contributed by atoms with Gasteiger partial charge in [0.15, 0.2) is 5.69 Å². The van der Waals surface area contributed by atoms with Crippen molar-refractivity contribution in [2.45, 2.75) is 19.3 Å². The molecule has 0 amide bonds. The Labute approximate surface area is 92.2 Å². The van der Waals surface area contributed by atoms with Crippen LogP contribution in [0, 0.1) is 6.92 Å². The van der Waals surface area contributed by atoms with Crippen molar-refractivity contribution in [1.82, 2.24) is 4.98 Å². The Morgan fingerprint density at radius 1 is 1.67 bits per heavy atom. The van der Waals surface area contributed by atoms with Crippen molar-refractivity contribution in [2.24, 2.45) is 0 Å². The summed E-state index contributed by atoms with van der Waals surface area (Å²) in [5.74, 6) is -0.0356. The third-order valence-electron chi connectivity index (χ3n) is 2.44. The molecule has 1 aromatic heterocycles. The lowest BCUT2D eigenvalue weighted by atomic mass is 10.1. The van der Waals surface area contributed by atoms with Crippen LogP contribution in [0.15, 0.2) is 0 Å². The van der Waals surface area contributed by atoms with Gasteiger partial charge in [-0.25, -0.2) is 9.78 Å². The van der Waals surface area contributed by atoms with Crippen LogP contribution in [-0.4, -0.2) is 31.3 Å². The van der Waals surface area contributed by atoms with E-state index in [0.717, 1.165) is 22.9 Å². The minimum absolute atomic E-state index is 0.310. The van der Waals surface area contributed by atoms with Crippen LogP contribution in [0.2, 0.25) is 0 Å². The maximum atomic E-state index is 11.5. The van der Waals surface area contributed by atoms with Crippen LogP contribution in [0.3, 0.4) is 0 Å². The van der Waals surface area contributed by atoms with E-state index in [-0.39, 0.29) is 5.97 Å². The van der Waals surface area contributed by atoms with Gasteiger partial charge >= 0.3 is 5.97 Å². The van der Waals surface area contributed by atoms with Gasteiger partial charge in [0, 0.05) is 17.4 Å². The summed E-state index contributed by atoms with van der Waals surface area (Å²) >= 11 is 1.56. The monoisotopic (exact) mass is 227 g/mol. The number of rotatable bonds is 2. The van der Waals surface area contributed by atoms with Crippen molar-refractivity contribution < 1.29 is 14.3 Å². The molecular formula is C10H13NO3S. The first-order chi connectivity index (χ1) is 7.22. The van der Waals surface area contributed by atoms with Crippen molar-refractivity contribution in [2.75, 3.05) is 20.3 Å². The molecule has 1 unspecified atom stereocenters. The molecule has 1 saturated heterocycles. The molecule has 1 aliphatic rings. The van der Waals surface area contributed by atoms with Crippen molar-refractivity contribution >= 4 is 17.3 Å². The number of thiazole rings is 1. The highest BCUT2D eigenvalue weighted by atomic mass is 32.1. The zero-order valence-electron chi connectivity index (χ0n) is 8.78. The molecule has 1 atom stereocenters. The fourth-order valence-electron chi connectivity index (χ4n) is 1.70. The van der Waals surface area contributed by atoms with Crippen molar-refractivity contribution in [1.29, 1.82) is 0 Å². The molecule has 0 aliphatic carbocycles. The van der Waals surface area contributed by atoms with E-state index in [0.29, 0.717) is 18.2 Å². The smallest absolute Gasteiger partial charge is 0.357 e. The number of aryl methyl sites for hydroxylation is 1. The first-order valence-electron chi connectivity index (χ1n) is 4.85. The van der Waals surface area contributed by atoms with E-state index < -0.39 is 0 Å². The lowest BCUT2D eigenvalue weighted by molar-refractivity contribution is 0.0593. The van der Waals surface area contributed by atoms with Gasteiger partial charge in [0.05, 0.1) is 18.7 Å². The Balaban J connectivity index is 2.32. The molecule has 15 heavy (non-hydrogen) atoms. The topological polar surface area (TPSA) is 48.4 Å². The van der Waals surface area contributed by atoms with Crippen LogP contribution in [0.4, 0.5) is 0 Å². The third-order valence-corrected chi connectivity index (χ3v) is 3.57. The highest BCUT2D eigenvalue weighted by Gasteiger charge is 2.27. The number of nitrogens with zero attached hydrogens (tertiary/aromatic N) is 1. The first-order valence-corrected chi connectivity index (χ1v) is 5.67. The Morgan fingerprint density at radius 3 is 3.07 bits per heavy atom. The maximum absolute atomic E-state index is 11.5. The second-order valence-corrected chi connectivity index (χ2v) is 4.73. The fraction of sp³-hybridized carbons (Fsp3) is 0.600. The van der Waals surface area contributed by atoms with Gasteiger partial charge in [0.25, 0.3) is 0 Å². The van der Waals surface area contributed by atoms with E-state index in [4.69, 9.17) is 9.47 Å². The number of hydrogen-bond acceptors (Lipinski definition) is 5. The van der Waals surface area contributed by atoms with Crippen LogP contribution < -0.4 is 0 Å². The Morgan fingerprint density at radius 2 is 2.47 bits per heavy atom. The van der Waals surface area contributed by atoms with Gasteiger partial charge in [-0.15, -0.1) is 11.3 Å². The summed E-state index contributed by atoms with van der Waals surface area (Å²) in [5, 5.41) is 0.900. The number of esters is 1. The minimum atomic E-state index is -0.346. The molecule has 1 aliphatic heterocycles. The van der Waals surface area contributed by atoms with Gasteiger partial charge in [-0.1, -0.05) is 0 Å². The zero-order valence-corrected chi connectivity index (χ0v) is 9.60. The standard InChI is InChI=1S/C10H13NO3S/c1-6-11-8(10(12)13-2)9(15-6)7-3-4-14-5-7/h7H,3-5H2,1-2H3. The average molecular weight is 227 g/mol. The molecule has 0 spiro atoms. The summed E-state index contributed by atoms with van der Waals surface area (Å²) in [7, 11) is 1.38. The molecule has 5 heteroatoms. The molecule has 0 bridgehead atoms. The number of carbonyl (C=O) groups is 1. The van der Waals surface area contributed by atoms with Crippen LogP contribution in [0.1, 0.15) is 32.7 Å². The number of aromatic nitrogens is 1. The summed E-state index contributed by atoms with van der Waals surface area (Å²) in [5.41, 5.74) is 0.468. The van der Waals surface area contributed by atoms with E-state index in [2.05, 4.69) is 4.98 Å². The van der Waals surface area contributed by atoms with E-state index in [1.165, 1.54) is 7.11 Å². The van der Waals surface area contributed by atoms with Crippen LogP contribution in [0.5, 0.6) is 0 Å². The molecule has 2 heterocycles. The molecule has 1 aromatic rings. The van der Waals surface area contributed by atoms with Crippen molar-refractivity contribution in [3.63, 3.8) is 0 Å². The second kappa shape index (κ2) is 4.28. The Bertz CT molecular complexity index is 369. The Kier molecular flexibility index (Phi) is 3.02. The molecule has 1 fully saturated rings. The Hall–Kier alpha value is -0.940. The van der Waals surface area contributed by atoms with Gasteiger partial charge in [-0.2, -0.15) is 0 Å². The van der Waals surface area contributed by atoms with Crippen molar-refractivity contribution in [3.8, 4) is 0 Å². The molecule has 2 rings (SSSR count). The number of hydrogen-bond donors (Lipinski definition) is 0. The van der Waals surface area contributed by atoms with Crippen LogP contribution in [0.25, 0.3) is 0 Å². The van der Waals surface area contributed by atoms with E-state index in [1.54, 1.807) is 11.3 Å².